The predicted octanol–water partition coefficient (Wildman–Crippen LogP) is 0.674. The van der Waals surface area contributed by atoms with Crippen LogP contribution in [-0.2, 0) is 19.0 Å². The minimum atomic E-state index is -1.71. The van der Waals surface area contributed by atoms with Gasteiger partial charge < -0.3 is 54.3 Å². The highest BCUT2D eigenvalue weighted by Gasteiger charge is 2.46. The fourth-order valence-corrected chi connectivity index (χ4v) is 3.91. The molecule has 2 heterocycles. The van der Waals surface area contributed by atoms with Crippen molar-refractivity contribution in [2.45, 2.75) is 43.7 Å². The summed E-state index contributed by atoms with van der Waals surface area (Å²) < 4.78 is 27.5. The number of hydrogen-bond acceptors (Lipinski definition) is 12. The van der Waals surface area contributed by atoms with Gasteiger partial charge in [0.1, 0.15) is 54.0 Å². The Bertz CT molecular complexity index is 1160. The van der Waals surface area contributed by atoms with Crippen molar-refractivity contribution < 1.29 is 59.1 Å². The molecule has 12 nitrogen and oxygen atoms in total. The van der Waals surface area contributed by atoms with E-state index in [4.69, 9.17) is 23.7 Å². The summed E-state index contributed by atoms with van der Waals surface area (Å²) in [7, 11) is 1.36. The zero-order valence-electron chi connectivity index (χ0n) is 19.3. The molecule has 4 rings (SSSR count). The van der Waals surface area contributed by atoms with Gasteiger partial charge >= 0.3 is 5.97 Å². The van der Waals surface area contributed by atoms with Crippen LogP contribution < -0.4 is 9.47 Å². The number of aromatic hydroxyl groups is 3. The van der Waals surface area contributed by atoms with Gasteiger partial charge in [-0.15, -0.1) is 0 Å². The van der Waals surface area contributed by atoms with Crippen molar-refractivity contribution in [1.29, 1.82) is 0 Å². The van der Waals surface area contributed by atoms with Crippen LogP contribution in [0.1, 0.15) is 24.2 Å². The van der Waals surface area contributed by atoms with Gasteiger partial charge in [-0.25, -0.2) is 0 Å². The number of aliphatic hydroxyl groups excluding tert-OH is 3. The van der Waals surface area contributed by atoms with E-state index in [0.29, 0.717) is 5.56 Å². The first-order chi connectivity index (χ1) is 17.1. The molecule has 36 heavy (non-hydrogen) atoms. The number of carbonyl (C=O) groups excluding carboxylic acids is 1. The highest BCUT2D eigenvalue weighted by molar-refractivity contribution is 5.70. The first kappa shape index (κ1) is 25.4. The molecule has 0 radical (unpaired) electrons. The summed E-state index contributed by atoms with van der Waals surface area (Å²) in [6, 6.07) is 6.75. The van der Waals surface area contributed by atoms with Crippen LogP contribution in [0, 0.1) is 0 Å². The van der Waals surface area contributed by atoms with Crippen molar-refractivity contribution in [2.75, 3.05) is 13.7 Å². The normalized spacial score (nSPS) is 27.3. The standard InChI is InChI=1S/C24H26O12/c1-10(25)33-9-19-20(29)21(30)22(31)24(36-19)35-18-8-13-15(28)6-12(26)7-16(13)34-23(18)11-3-4-14(27)17(5-11)32-2/h3-8,19-24,26-31H,9H2,1-2H3/t19-,20+,21+,22-,23?,24?/m1/s1. The molecule has 2 aromatic rings. The van der Waals surface area contributed by atoms with E-state index in [0.717, 1.165) is 13.0 Å². The van der Waals surface area contributed by atoms with Gasteiger partial charge in [0, 0.05) is 24.6 Å². The topological polar surface area (TPSA) is 185 Å². The van der Waals surface area contributed by atoms with E-state index in [2.05, 4.69) is 0 Å². The lowest BCUT2D eigenvalue weighted by atomic mass is 9.98. The summed E-state index contributed by atoms with van der Waals surface area (Å²) in [4.78, 5) is 11.2. The van der Waals surface area contributed by atoms with Crippen LogP contribution in [0.15, 0.2) is 36.1 Å². The maximum Gasteiger partial charge on any atom is 0.302 e. The third kappa shape index (κ3) is 4.97. The molecule has 2 aliphatic rings. The van der Waals surface area contributed by atoms with Crippen molar-refractivity contribution in [1.82, 2.24) is 0 Å². The minimum Gasteiger partial charge on any atom is -0.508 e. The van der Waals surface area contributed by atoms with Crippen LogP contribution in [0.25, 0.3) is 6.08 Å². The number of methoxy groups -OCH3 is 1. The fourth-order valence-electron chi connectivity index (χ4n) is 3.91. The summed E-state index contributed by atoms with van der Waals surface area (Å²) in [6.45, 7) is 0.758. The van der Waals surface area contributed by atoms with Gasteiger partial charge in [0.15, 0.2) is 17.6 Å². The number of esters is 1. The molecule has 6 N–H and O–H groups in total. The van der Waals surface area contributed by atoms with Gasteiger partial charge in [-0.2, -0.15) is 0 Å². The first-order valence-electron chi connectivity index (χ1n) is 10.9. The Kier molecular flexibility index (Phi) is 7.13. The number of hydrogen-bond donors (Lipinski definition) is 6. The van der Waals surface area contributed by atoms with E-state index >= 15 is 0 Å². The molecule has 1 saturated heterocycles. The highest BCUT2D eigenvalue weighted by Crippen LogP contribution is 2.45. The number of fused-ring (bicyclic) bond motifs is 1. The van der Waals surface area contributed by atoms with Crippen molar-refractivity contribution in [3.8, 4) is 28.7 Å². The van der Waals surface area contributed by atoms with E-state index in [1.54, 1.807) is 0 Å². The third-order valence-corrected chi connectivity index (χ3v) is 5.77. The average Bonchev–Trinajstić information content (AvgIpc) is 2.83. The number of aliphatic hydroxyl groups is 3. The summed E-state index contributed by atoms with van der Waals surface area (Å²) in [5, 5.41) is 61.3. The third-order valence-electron chi connectivity index (χ3n) is 5.77. The van der Waals surface area contributed by atoms with Gasteiger partial charge in [0.05, 0.1) is 12.7 Å². The van der Waals surface area contributed by atoms with Crippen LogP contribution in [0.4, 0.5) is 0 Å². The molecule has 6 atom stereocenters. The van der Waals surface area contributed by atoms with Gasteiger partial charge in [-0.05, 0) is 18.2 Å². The second-order valence-electron chi connectivity index (χ2n) is 8.29. The fraction of sp³-hybridized carbons (Fsp3) is 0.375. The van der Waals surface area contributed by atoms with Gasteiger partial charge in [-0.3, -0.25) is 4.79 Å². The summed E-state index contributed by atoms with van der Waals surface area (Å²) in [6.07, 6.45) is -7.38. The van der Waals surface area contributed by atoms with E-state index in [1.165, 1.54) is 37.5 Å². The predicted molar refractivity (Wildman–Crippen MR) is 120 cm³/mol. The Morgan fingerprint density at radius 3 is 2.44 bits per heavy atom. The molecule has 1 fully saturated rings. The monoisotopic (exact) mass is 506 g/mol. The first-order valence-corrected chi connectivity index (χ1v) is 10.9. The SMILES string of the molecule is COc1cc(C2Oc3cc(O)cc(O)c3C=C2OC2O[C@H](COC(C)=O)[C@H](O)[C@H](O)[C@H]2O)ccc1O. The van der Waals surface area contributed by atoms with Crippen molar-refractivity contribution in [3.05, 3.63) is 47.2 Å². The molecule has 2 aromatic carbocycles. The lowest BCUT2D eigenvalue weighted by molar-refractivity contribution is -0.294. The van der Waals surface area contributed by atoms with Crippen LogP contribution in [0.3, 0.4) is 0 Å². The van der Waals surface area contributed by atoms with E-state index < -0.39 is 49.4 Å². The van der Waals surface area contributed by atoms with Gasteiger partial charge in [0.25, 0.3) is 0 Å². The molecule has 2 unspecified atom stereocenters. The molecule has 2 aliphatic heterocycles. The maximum absolute atomic E-state index is 11.2. The Hall–Kier alpha value is -3.71. The molecule has 194 valence electrons. The summed E-state index contributed by atoms with van der Waals surface area (Å²) in [5.74, 6) is -1.07. The molecule has 0 spiro atoms. The summed E-state index contributed by atoms with van der Waals surface area (Å²) in [5.41, 5.74) is 0.582. The molecular weight excluding hydrogens is 480 g/mol. The van der Waals surface area contributed by atoms with Crippen molar-refractivity contribution in [2.24, 2.45) is 0 Å². The van der Waals surface area contributed by atoms with E-state index in [9.17, 15) is 35.4 Å². The lowest BCUT2D eigenvalue weighted by Crippen LogP contribution is -2.59. The number of carbonyl (C=O) groups is 1. The molecule has 12 heteroatoms. The Balaban J connectivity index is 1.70. The van der Waals surface area contributed by atoms with Crippen LogP contribution in [-0.4, -0.2) is 81.0 Å². The zero-order valence-corrected chi connectivity index (χ0v) is 19.3. The zero-order chi connectivity index (χ0) is 26.1. The Morgan fingerprint density at radius 2 is 1.75 bits per heavy atom. The largest absolute Gasteiger partial charge is 0.508 e. The number of ether oxygens (including phenoxy) is 5. The number of benzene rings is 2. The quantitative estimate of drug-likeness (QED) is 0.302. The van der Waals surface area contributed by atoms with Crippen molar-refractivity contribution in [3.63, 3.8) is 0 Å². The lowest BCUT2D eigenvalue weighted by Gasteiger charge is -2.41. The smallest absolute Gasteiger partial charge is 0.302 e. The molecule has 0 aromatic heterocycles. The van der Waals surface area contributed by atoms with Crippen LogP contribution >= 0.6 is 0 Å². The second kappa shape index (κ2) is 10.1. The second-order valence-corrected chi connectivity index (χ2v) is 8.29. The maximum atomic E-state index is 11.2. The van der Waals surface area contributed by atoms with Gasteiger partial charge in [-0.1, -0.05) is 6.07 Å². The van der Waals surface area contributed by atoms with E-state index in [1.807, 2.05) is 0 Å². The van der Waals surface area contributed by atoms with Crippen molar-refractivity contribution >= 4 is 12.0 Å². The number of phenolic OH excluding ortho intramolecular Hbond substituents is 3. The average molecular weight is 506 g/mol. The molecule has 0 saturated carbocycles. The number of phenols is 3. The van der Waals surface area contributed by atoms with Crippen LogP contribution in [0.5, 0.6) is 28.7 Å². The molecule has 0 bridgehead atoms. The summed E-state index contributed by atoms with van der Waals surface area (Å²) >= 11 is 0. The Labute approximate surface area is 205 Å². The van der Waals surface area contributed by atoms with Crippen LogP contribution in [0.2, 0.25) is 0 Å². The van der Waals surface area contributed by atoms with Gasteiger partial charge in [0.2, 0.25) is 6.29 Å². The number of rotatable bonds is 6. The molecule has 0 aliphatic carbocycles. The molecule has 0 amide bonds. The molecular formula is C24H26O12. The Morgan fingerprint density at radius 1 is 1.00 bits per heavy atom. The minimum absolute atomic E-state index is 0.00936. The van der Waals surface area contributed by atoms with E-state index in [-0.39, 0.29) is 40.1 Å². The highest BCUT2D eigenvalue weighted by atomic mass is 16.7.